The standard InChI is InChI=1S/C14H26N4O4S.HI/c1-3-15-14(17-8-9-18-23(2,19)20)16-7-5-10-21-12-13-6-4-11-22-13;/h4,6,11,18H,3,5,7-10,12H2,1-2H3,(H2,15,16,17);1H. The largest absolute Gasteiger partial charge is 0.467 e. The number of guanidine groups is 1. The monoisotopic (exact) mass is 474 g/mol. The number of aliphatic imine (C=N–C) groups is 1. The Morgan fingerprint density at radius 1 is 1.33 bits per heavy atom. The highest BCUT2D eigenvalue weighted by molar-refractivity contribution is 14.0. The number of nitrogens with zero attached hydrogens (tertiary/aromatic N) is 1. The molecule has 1 heterocycles. The fourth-order valence-corrected chi connectivity index (χ4v) is 2.16. The summed E-state index contributed by atoms with van der Waals surface area (Å²) in [7, 11) is -3.15. The molecule has 0 aliphatic heterocycles. The number of halogens is 1. The van der Waals surface area contributed by atoms with Crippen LogP contribution in [0.1, 0.15) is 19.1 Å². The highest BCUT2D eigenvalue weighted by Gasteiger charge is 2.00. The van der Waals surface area contributed by atoms with Crippen LogP contribution in [0.5, 0.6) is 0 Å². The average Bonchev–Trinajstić information content (AvgIpc) is 2.99. The number of hydrogen-bond acceptors (Lipinski definition) is 5. The minimum absolute atomic E-state index is 0. The van der Waals surface area contributed by atoms with Gasteiger partial charge in [-0.25, -0.2) is 13.1 Å². The molecule has 24 heavy (non-hydrogen) atoms. The van der Waals surface area contributed by atoms with Crippen molar-refractivity contribution >= 4 is 40.0 Å². The van der Waals surface area contributed by atoms with Gasteiger partial charge in [0.05, 0.1) is 12.5 Å². The zero-order valence-corrected chi connectivity index (χ0v) is 17.2. The second kappa shape index (κ2) is 13.4. The molecule has 1 rings (SSSR count). The Labute approximate surface area is 160 Å². The van der Waals surface area contributed by atoms with Crippen molar-refractivity contribution in [2.45, 2.75) is 20.0 Å². The summed E-state index contributed by atoms with van der Waals surface area (Å²) >= 11 is 0. The summed E-state index contributed by atoms with van der Waals surface area (Å²) in [5.41, 5.74) is 0. The minimum atomic E-state index is -3.15. The Morgan fingerprint density at radius 3 is 2.75 bits per heavy atom. The average molecular weight is 474 g/mol. The van der Waals surface area contributed by atoms with Crippen molar-refractivity contribution in [1.82, 2.24) is 15.4 Å². The van der Waals surface area contributed by atoms with Crippen LogP contribution >= 0.6 is 24.0 Å². The molecule has 0 radical (unpaired) electrons. The Bertz CT molecular complexity index is 549. The van der Waals surface area contributed by atoms with Gasteiger partial charge >= 0.3 is 0 Å². The molecule has 0 saturated heterocycles. The van der Waals surface area contributed by atoms with Crippen molar-refractivity contribution in [3.63, 3.8) is 0 Å². The zero-order valence-electron chi connectivity index (χ0n) is 14.1. The van der Waals surface area contributed by atoms with Crippen LogP contribution in [0, 0.1) is 0 Å². The quantitative estimate of drug-likeness (QED) is 0.191. The molecule has 140 valence electrons. The molecule has 0 aliphatic rings. The van der Waals surface area contributed by atoms with Gasteiger partial charge in [-0.2, -0.15) is 0 Å². The lowest BCUT2D eigenvalue weighted by atomic mass is 10.4. The van der Waals surface area contributed by atoms with E-state index in [2.05, 4.69) is 20.3 Å². The van der Waals surface area contributed by atoms with Crippen molar-refractivity contribution in [3.05, 3.63) is 24.2 Å². The molecule has 10 heteroatoms. The fraction of sp³-hybridized carbons (Fsp3) is 0.643. The Kier molecular flexibility index (Phi) is 13.0. The SMILES string of the molecule is CCNC(=NCCCOCc1ccco1)NCCNS(C)(=O)=O.I. The molecule has 1 aromatic heterocycles. The molecule has 0 aromatic carbocycles. The topological polar surface area (TPSA) is 105 Å². The van der Waals surface area contributed by atoms with E-state index in [0.717, 1.165) is 25.0 Å². The van der Waals surface area contributed by atoms with E-state index in [1.807, 2.05) is 19.1 Å². The molecule has 0 fully saturated rings. The van der Waals surface area contributed by atoms with Crippen LogP contribution in [0.25, 0.3) is 0 Å². The third-order valence-electron chi connectivity index (χ3n) is 2.67. The van der Waals surface area contributed by atoms with Crippen molar-refractivity contribution in [1.29, 1.82) is 0 Å². The summed E-state index contributed by atoms with van der Waals surface area (Å²) in [6.07, 6.45) is 3.55. The van der Waals surface area contributed by atoms with Crippen molar-refractivity contribution in [2.75, 3.05) is 39.0 Å². The summed E-state index contributed by atoms with van der Waals surface area (Å²) < 4.78 is 35.0. The van der Waals surface area contributed by atoms with Crippen LogP contribution in [-0.4, -0.2) is 53.4 Å². The molecule has 0 bridgehead atoms. The minimum Gasteiger partial charge on any atom is -0.467 e. The van der Waals surface area contributed by atoms with E-state index in [1.165, 1.54) is 0 Å². The highest BCUT2D eigenvalue weighted by Crippen LogP contribution is 2.01. The smallest absolute Gasteiger partial charge is 0.208 e. The Morgan fingerprint density at radius 2 is 2.12 bits per heavy atom. The number of sulfonamides is 1. The third kappa shape index (κ3) is 12.6. The second-order valence-corrected chi connectivity index (χ2v) is 6.67. The molecule has 1 aromatic rings. The Balaban J connectivity index is 0.00000529. The first-order valence-corrected chi connectivity index (χ1v) is 9.47. The highest BCUT2D eigenvalue weighted by atomic mass is 127. The fourth-order valence-electron chi connectivity index (χ4n) is 1.68. The van der Waals surface area contributed by atoms with Crippen LogP contribution in [-0.2, 0) is 21.4 Å². The first-order chi connectivity index (χ1) is 11.0. The summed E-state index contributed by atoms with van der Waals surface area (Å²) in [6, 6.07) is 3.70. The predicted molar refractivity (Wildman–Crippen MR) is 105 cm³/mol. The van der Waals surface area contributed by atoms with Gasteiger partial charge in [-0.3, -0.25) is 4.99 Å². The number of ether oxygens (including phenoxy) is 1. The summed E-state index contributed by atoms with van der Waals surface area (Å²) in [6.45, 7) is 5.17. The number of nitrogens with one attached hydrogen (secondary N) is 3. The van der Waals surface area contributed by atoms with Gasteiger partial charge in [-0.1, -0.05) is 0 Å². The van der Waals surface area contributed by atoms with E-state index in [0.29, 0.717) is 38.8 Å². The zero-order chi connectivity index (χ0) is 17.0. The van der Waals surface area contributed by atoms with E-state index < -0.39 is 10.0 Å². The van der Waals surface area contributed by atoms with Gasteiger partial charge in [0.15, 0.2) is 5.96 Å². The summed E-state index contributed by atoms with van der Waals surface area (Å²) in [5, 5.41) is 6.16. The van der Waals surface area contributed by atoms with E-state index in [9.17, 15) is 8.42 Å². The molecular weight excluding hydrogens is 447 g/mol. The van der Waals surface area contributed by atoms with Crippen LogP contribution in [0.15, 0.2) is 27.8 Å². The maximum atomic E-state index is 11.0. The Hall–Kier alpha value is -0.850. The van der Waals surface area contributed by atoms with Gasteiger partial charge in [0.2, 0.25) is 10.0 Å². The molecule has 3 N–H and O–H groups in total. The predicted octanol–water partition coefficient (Wildman–Crippen LogP) is 0.909. The summed E-state index contributed by atoms with van der Waals surface area (Å²) in [5.74, 6) is 1.47. The first kappa shape index (κ1) is 23.1. The molecule has 0 saturated carbocycles. The molecule has 8 nitrogen and oxygen atoms in total. The van der Waals surface area contributed by atoms with E-state index in [4.69, 9.17) is 9.15 Å². The number of rotatable bonds is 11. The van der Waals surface area contributed by atoms with Gasteiger partial charge < -0.3 is 19.8 Å². The maximum absolute atomic E-state index is 11.0. The van der Waals surface area contributed by atoms with Gasteiger partial charge in [-0.15, -0.1) is 24.0 Å². The van der Waals surface area contributed by atoms with Crippen molar-refractivity contribution in [2.24, 2.45) is 4.99 Å². The molecule has 0 unspecified atom stereocenters. The van der Waals surface area contributed by atoms with Crippen LogP contribution in [0.3, 0.4) is 0 Å². The lowest BCUT2D eigenvalue weighted by Crippen LogP contribution is -2.41. The van der Waals surface area contributed by atoms with Gasteiger partial charge in [0.25, 0.3) is 0 Å². The molecule has 0 spiro atoms. The van der Waals surface area contributed by atoms with Crippen molar-refractivity contribution in [3.8, 4) is 0 Å². The van der Waals surface area contributed by atoms with Gasteiger partial charge in [-0.05, 0) is 25.5 Å². The third-order valence-corrected chi connectivity index (χ3v) is 3.40. The number of furan rings is 1. The van der Waals surface area contributed by atoms with Crippen LogP contribution in [0.2, 0.25) is 0 Å². The maximum Gasteiger partial charge on any atom is 0.208 e. The summed E-state index contributed by atoms with van der Waals surface area (Å²) in [4.78, 5) is 4.40. The lowest BCUT2D eigenvalue weighted by molar-refractivity contribution is 0.105. The van der Waals surface area contributed by atoms with E-state index in [-0.39, 0.29) is 24.0 Å². The molecule has 0 amide bonds. The van der Waals surface area contributed by atoms with E-state index in [1.54, 1.807) is 6.26 Å². The lowest BCUT2D eigenvalue weighted by Gasteiger charge is -2.11. The first-order valence-electron chi connectivity index (χ1n) is 7.58. The van der Waals surface area contributed by atoms with Gasteiger partial charge in [0, 0.05) is 32.8 Å². The molecular formula is C14H27IN4O4S. The molecule has 0 atom stereocenters. The van der Waals surface area contributed by atoms with Crippen LogP contribution < -0.4 is 15.4 Å². The molecule has 0 aliphatic carbocycles. The van der Waals surface area contributed by atoms with Gasteiger partial charge in [0.1, 0.15) is 12.4 Å². The van der Waals surface area contributed by atoms with E-state index >= 15 is 0 Å². The van der Waals surface area contributed by atoms with Crippen LogP contribution in [0.4, 0.5) is 0 Å². The normalized spacial score (nSPS) is 11.8. The number of hydrogen-bond donors (Lipinski definition) is 3. The second-order valence-electron chi connectivity index (χ2n) is 4.84. The van der Waals surface area contributed by atoms with Crippen molar-refractivity contribution < 1.29 is 17.6 Å².